The molecule has 0 aliphatic rings. The van der Waals surface area contributed by atoms with Gasteiger partial charge in [0.2, 0.25) is 0 Å². The number of anilines is 6. The highest BCUT2D eigenvalue weighted by molar-refractivity contribution is 6.06. The standard InChI is InChI=1S/C50H36N2/c1-4-15-37(16-5-1)41-19-12-24-45(35-41)52(43-22-8-3-9-23-43)50-28-14-26-48-47(25-13-27-49(48)50)39-30-32-44(33-31-39)51(42-20-6-2-7-21-42)46-34-29-38-17-10-11-18-40(38)36-46/h1-36H. The van der Waals surface area contributed by atoms with Gasteiger partial charge in [0.25, 0.3) is 0 Å². The lowest BCUT2D eigenvalue weighted by Gasteiger charge is -2.28. The van der Waals surface area contributed by atoms with Gasteiger partial charge < -0.3 is 9.80 Å². The Morgan fingerprint density at radius 2 is 0.769 bits per heavy atom. The molecule has 0 saturated carbocycles. The second-order valence-electron chi connectivity index (χ2n) is 13.0. The second-order valence-corrected chi connectivity index (χ2v) is 13.0. The van der Waals surface area contributed by atoms with Crippen LogP contribution in [0, 0.1) is 0 Å². The molecule has 246 valence electrons. The minimum Gasteiger partial charge on any atom is -0.310 e. The van der Waals surface area contributed by atoms with Crippen molar-refractivity contribution >= 4 is 55.7 Å². The molecule has 0 saturated heterocycles. The third-order valence-electron chi connectivity index (χ3n) is 9.81. The minimum absolute atomic E-state index is 1.11. The summed E-state index contributed by atoms with van der Waals surface area (Å²) in [6, 6.07) is 78.3. The molecular weight excluding hydrogens is 629 g/mol. The van der Waals surface area contributed by atoms with Crippen LogP contribution in [-0.2, 0) is 0 Å². The van der Waals surface area contributed by atoms with E-state index in [0.29, 0.717) is 0 Å². The number of fused-ring (bicyclic) bond motifs is 2. The summed E-state index contributed by atoms with van der Waals surface area (Å²) in [5.41, 5.74) is 11.5. The quantitative estimate of drug-likeness (QED) is 0.159. The average molecular weight is 665 g/mol. The van der Waals surface area contributed by atoms with E-state index in [1.807, 2.05) is 0 Å². The molecule has 0 N–H and O–H groups in total. The fourth-order valence-corrected chi connectivity index (χ4v) is 7.33. The smallest absolute Gasteiger partial charge is 0.0540 e. The third-order valence-corrected chi connectivity index (χ3v) is 9.81. The van der Waals surface area contributed by atoms with Crippen LogP contribution >= 0.6 is 0 Å². The summed E-state index contributed by atoms with van der Waals surface area (Å²) < 4.78 is 0. The molecule has 0 fully saturated rings. The Labute approximate surface area is 305 Å². The molecule has 9 aromatic carbocycles. The van der Waals surface area contributed by atoms with E-state index in [1.165, 1.54) is 43.8 Å². The number of hydrogen-bond donors (Lipinski definition) is 0. The van der Waals surface area contributed by atoms with Crippen molar-refractivity contribution in [3.05, 3.63) is 218 Å². The Balaban J connectivity index is 1.13. The Morgan fingerprint density at radius 3 is 1.52 bits per heavy atom. The first kappa shape index (κ1) is 31.1. The largest absolute Gasteiger partial charge is 0.310 e. The van der Waals surface area contributed by atoms with Gasteiger partial charge in [0, 0.05) is 33.8 Å². The zero-order chi connectivity index (χ0) is 34.7. The van der Waals surface area contributed by atoms with Gasteiger partial charge in [-0.2, -0.15) is 0 Å². The zero-order valence-electron chi connectivity index (χ0n) is 28.7. The molecule has 0 amide bonds. The normalized spacial score (nSPS) is 11.1. The molecule has 0 aromatic heterocycles. The molecule has 0 atom stereocenters. The van der Waals surface area contributed by atoms with E-state index in [4.69, 9.17) is 0 Å². The van der Waals surface area contributed by atoms with Crippen molar-refractivity contribution < 1.29 is 0 Å². The van der Waals surface area contributed by atoms with Crippen LogP contribution in [0.25, 0.3) is 43.8 Å². The first-order valence-electron chi connectivity index (χ1n) is 17.8. The van der Waals surface area contributed by atoms with Gasteiger partial charge in [-0.1, -0.05) is 152 Å². The molecule has 52 heavy (non-hydrogen) atoms. The SMILES string of the molecule is c1ccc(-c2cccc(N(c3ccccc3)c3cccc4c(-c5ccc(N(c6ccccc6)c6ccc7ccccc7c6)cc5)cccc34)c2)cc1. The Bertz CT molecular complexity index is 2610. The molecule has 0 aliphatic carbocycles. The first-order valence-corrected chi connectivity index (χ1v) is 17.8. The van der Waals surface area contributed by atoms with Gasteiger partial charge >= 0.3 is 0 Å². The highest BCUT2D eigenvalue weighted by atomic mass is 15.1. The van der Waals surface area contributed by atoms with Gasteiger partial charge in [-0.05, 0) is 105 Å². The number of hydrogen-bond acceptors (Lipinski definition) is 2. The highest BCUT2D eigenvalue weighted by Gasteiger charge is 2.18. The second kappa shape index (κ2) is 13.8. The van der Waals surface area contributed by atoms with E-state index in [2.05, 4.69) is 228 Å². The fraction of sp³-hybridized carbons (Fsp3) is 0. The van der Waals surface area contributed by atoms with Crippen molar-refractivity contribution in [3.63, 3.8) is 0 Å². The van der Waals surface area contributed by atoms with Crippen molar-refractivity contribution in [2.45, 2.75) is 0 Å². The lowest BCUT2D eigenvalue weighted by molar-refractivity contribution is 1.29. The maximum absolute atomic E-state index is 2.38. The lowest BCUT2D eigenvalue weighted by Crippen LogP contribution is -2.10. The molecule has 2 heteroatoms. The lowest BCUT2D eigenvalue weighted by atomic mass is 9.96. The number of para-hydroxylation sites is 2. The van der Waals surface area contributed by atoms with Crippen LogP contribution in [0.1, 0.15) is 0 Å². The molecule has 2 nitrogen and oxygen atoms in total. The van der Waals surface area contributed by atoms with E-state index in [9.17, 15) is 0 Å². The van der Waals surface area contributed by atoms with E-state index in [1.54, 1.807) is 0 Å². The maximum Gasteiger partial charge on any atom is 0.0540 e. The van der Waals surface area contributed by atoms with E-state index in [-0.39, 0.29) is 0 Å². The van der Waals surface area contributed by atoms with E-state index < -0.39 is 0 Å². The van der Waals surface area contributed by atoms with Gasteiger partial charge in [0.05, 0.1) is 5.69 Å². The molecule has 0 bridgehead atoms. The Kier molecular flexibility index (Phi) is 8.24. The zero-order valence-corrected chi connectivity index (χ0v) is 28.7. The molecule has 0 radical (unpaired) electrons. The summed E-state index contributed by atoms with van der Waals surface area (Å²) in [5.74, 6) is 0. The highest BCUT2D eigenvalue weighted by Crippen LogP contribution is 2.43. The fourth-order valence-electron chi connectivity index (χ4n) is 7.33. The minimum atomic E-state index is 1.11. The summed E-state index contributed by atoms with van der Waals surface area (Å²) in [5, 5.41) is 4.86. The molecule has 9 aromatic rings. The summed E-state index contributed by atoms with van der Waals surface area (Å²) in [6.45, 7) is 0. The average Bonchev–Trinajstić information content (AvgIpc) is 3.22. The van der Waals surface area contributed by atoms with E-state index >= 15 is 0 Å². The summed E-state index contributed by atoms with van der Waals surface area (Å²) in [6.07, 6.45) is 0. The van der Waals surface area contributed by atoms with Crippen molar-refractivity contribution in [2.75, 3.05) is 9.80 Å². The van der Waals surface area contributed by atoms with Gasteiger partial charge in [-0.15, -0.1) is 0 Å². The topological polar surface area (TPSA) is 6.48 Å². The van der Waals surface area contributed by atoms with Crippen LogP contribution < -0.4 is 9.80 Å². The monoisotopic (exact) mass is 664 g/mol. The van der Waals surface area contributed by atoms with Gasteiger partial charge in [0.1, 0.15) is 0 Å². The van der Waals surface area contributed by atoms with Crippen LogP contribution in [0.5, 0.6) is 0 Å². The van der Waals surface area contributed by atoms with Crippen LogP contribution in [0.3, 0.4) is 0 Å². The third kappa shape index (κ3) is 5.97. The molecule has 9 rings (SSSR count). The van der Waals surface area contributed by atoms with Crippen molar-refractivity contribution in [2.24, 2.45) is 0 Å². The van der Waals surface area contributed by atoms with Gasteiger partial charge in [-0.3, -0.25) is 0 Å². The van der Waals surface area contributed by atoms with Crippen molar-refractivity contribution in [1.82, 2.24) is 0 Å². The van der Waals surface area contributed by atoms with Gasteiger partial charge in [-0.25, -0.2) is 0 Å². The van der Waals surface area contributed by atoms with Crippen LogP contribution in [0.4, 0.5) is 34.1 Å². The summed E-state index contributed by atoms with van der Waals surface area (Å²) in [4.78, 5) is 4.71. The van der Waals surface area contributed by atoms with E-state index in [0.717, 1.165) is 34.1 Å². The van der Waals surface area contributed by atoms with Crippen LogP contribution in [0.15, 0.2) is 218 Å². The van der Waals surface area contributed by atoms with Crippen LogP contribution in [0.2, 0.25) is 0 Å². The molecule has 0 heterocycles. The van der Waals surface area contributed by atoms with Gasteiger partial charge in [0.15, 0.2) is 0 Å². The number of benzene rings is 9. The molecular formula is C50H36N2. The number of nitrogens with zero attached hydrogens (tertiary/aromatic N) is 2. The molecule has 0 aliphatic heterocycles. The first-order chi connectivity index (χ1) is 25.8. The van der Waals surface area contributed by atoms with Crippen molar-refractivity contribution in [3.8, 4) is 22.3 Å². The summed E-state index contributed by atoms with van der Waals surface area (Å²) in [7, 11) is 0. The van der Waals surface area contributed by atoms with Crippen molar-refractivity contribution in [1.29, 1.82) is 0 Å². The predicted molar refractivity (Wildman–Crippen MR) is 222 cm³/mol. The number of rotatable bonds is 8. The van der Waals surface area contributed by atoms with Crippen LogP contribution in [-0.4, -0.2) is 0 Å². The summed E-state index contributed by atoms with van der Waals surface area (Å²) >= 11 is 0. The Hall–Kier alpha value is -6.90. The molecule has 0 spiro atoms. The molecule has 0 unspecified atom stereocenters. The Morgan fingerprint density at radius 1 is 0.250 bits per heavy atom. The predicted octanol–water partition coefficient (Wildman–Crippen LogP) is 14.3. The maximum atomic E-state index is 2.38.